The van der Waals surface area contributed by atoms with Crippen LogP contribution in [0.4, 0.5) is 0 Å². The zero-order valence-electron chi connectivity index (χ0n) is 12.3. The van der Waals surface area contributed by atoms with Gasteiger partial charge in [0.1, 0.15) is 6.54 Å². The highest BCUT2D eigenvalue weighted by atomic mass is 16.5. The fourth-order valence-electron chi connectivity index (χ4n) is 2.74. The molecule has 0 amide bonds. The van der Waals surface area contributed by atoms with E-state index in [2.05, 4.69) is 20.1 Å². The predicted molar refractivity (Wildman–Crippen MR) is 80.9 cm³/mol. The average molecular weight is 313 g/mol. The molecule has 1 fully saturated rings. The summed E-state index contributed by atoms with van der Waals surface area (Å²) in [5.41, 5.74) is 1.68. The number of imidazole rings is 1. The number of carbonyl (C=O) groups is 1. The number of aromatic amines is 1. The highest BCUT2D eigenvalue weighted by Crippen LogP contribution is 2.25. The lowest BCUT2D eigenvalue weighted by Crippen LogP contribution is -2.12. The molecule has 1 aliphatic rings. The second kappa shape index (κ2) is 5.47. The summed E-state index contributed by atoms with van der Waals surface area (Å²) in [6.07, 6.45) is 0.844. The van der Waals surface area contributed by atoms with Crippen LogP contribution in [0.5, 0.6) is 0 Å². The van der Waals surface area contributed by atoms with Gasteiger partial charge < -0.3 is 14.8 Å². The van der Waals surface area contributed by atoms with Crippen molar-refractivity contribution in [1.29, 1.82) is 0 Å². The number of nitrogens with one attached hydrogen (secondary N) is 1. The fraction of sp³-hybridized carbons (Fsp3) is 0.333. The molecule has 1 saturated heterocycles. The van der Waals surface area contributed by atoms with Gasteiger partial charge in [0, 0.05) is 12.5 Å². The van der Waals surface area contributed by atoms with E-state index in [1.807, 2.05) is 24.3 Å². The first-order chi connectivity index (χ1) is 11.2. The number of para-hydroxylation sites is 2. The molecule has 2 aromatic heterocycles. The lowest BCUT2D eigenvalue weighted by Gasteiger charge is -2.00. The van der Waals surface area contributed by atoms with Gasteiger partial charge in [-0.25, -0.2) is 14.6 Å². The van der Waals surface area contributed by atoms with E-state index in [0.29, 0.717) is 30.7 Å². The summed E-state index contributed by atoms with van der Waals surface area (Å²) in [5.74, 6) is 0.699. The quantitative estimate of drug-likeness (QED) is 0.754. The van der Waals surface area contributed by atoms with Gasteiger partial charge in [-0.05, 0) is 18.6 Å². The van der Waals surface area contributed by atoms with Crippen LogP contribution in [0.1, 0.15) is 18.2 Å². The van der Waals surface area contributed by atoms with Crippen LogP contribution in [0.3, 0.4) is 0 Å². The van der Waals surface area contributed by atoms with Crippen LogP contribution < -0.4 is 0 Å². The maximum atomic E-state index is 11.1. The van der Waals surface area contributed by atoms with Crippen molar-refractivity contribution < 1.29 is 14.6 Å². The Morgan fingerprint density at radius 3 is 3.00 bits per heavy atom. The maximum absolute atomic E-state index is 11.1. The summed E-state index contributed by atoms with van der Waals surface area (Å²) in [5, 5.41) is 13.5. The molecule has 0 radical (unpaired) electrons. The van der Waals surface area contributed by atoms with Crippen molar-refractivity contribution in [3.8, 4) is 11.6 Å². The number of benzene rings is 1. The molecule has 0 spiro atoms. The molecule has 8 heteroatoms. The van der Waals surface area contributed by atoms with Crippen molar-refractivity contribution in [2.75, 3.05) is 13.2 Å². The smallest absolute Gasteiger partial charge is 0.325 e. The van der Waals surface area contributed by atoms with Crippen LogP contribution in [0.25, 0.3) is 22.7 Å². The predicted octanol–water partition coefficient (Wildman–Crippen LogP) is 1.41. The van der Waals surface area contributed by atoms with E-state index in [4.69, 9.17) is 9.84 Å². The minimum Gasteiger partial charge on any atom is -0.480 e. The molecule has 23 heavy (non-hydrogen) atoms. The van der Waals surface area contributed by atoms with E-state index in [1.165, 1.54) is 4.68 Å². The lowest BCUT2D eigenvalue weighted by molar-refractivity contribution is -0.137. The van der Waals surface area contributed by atoms with Gasteiger partial charge in [-0.15, -0.1) is 0 Å². The van der Waals surface area contributed by atoms with Gasteiger partial charge in [-0.2, -0.15) is 5.10 Å². The summed E-state index contributed by atoms with van der Waals surface area (Å²) in [4.78, 5) is 23.3. The van der Waals surface area contributed by atoms with Crippen molar-refractivity contribution in [2.24, 2.45) is 0 Å². The third kappa shape index (κ3) is 2.57. The zero-order chi connectivity index (χ0) is 15.8. The first-order valence-electron chi connectivity index (χ1n) is 7.40. The molecule has 1 aliphatic heterocycles. The molecule has 4 rings (SSSR count). The Kier molecular flexibility index (Phi) is 3.30. The van der Waals surface area contributed by atoms with Crippen molar-refractivity contribution in [1.82, 2.24) is 24.7 Å². The van der Waals surface area contributed by atoms with Gasteiger partial charge in [0.15, 0.2) is 17.5 Å². The summed E-state index contributed by atoms with van der Waals surface area (Å²) in [6.45, 7) is 0.988. The first-order valence-corrected chi connectivity index (χ1v) is 7.40. The van der Waals surface area contributed by atoms with E-state index >= 15 is 0 Å². The molecule has 3 aromatic rings. The largest absolute Gasteiger partial charge is 0.480 e. The van der Waals surface area contributed by atoms with Crippen LogP contribution in [0, 0.1) is 0 Å². The number of ether oxygens (including phenoxy) is 1. The van der Waals surface area contributed by atoms with Crippen LogP contribution in [0.15, 0.2) is 24.3 Å². The number of carboxylic acid groups (broad SMARTS) is 1. The van der Waals surface area contributed by atoms with E-state index in [9.17, 15) is 4.79 Å². The normalized spacial score (nSPS) is 17.8. The van der Waals surface area contributed by atoms with Crippen LogP contribution in [-0.4, -0.2) is 49.0 Å². The summed E-state index contributed by atoms with van der Waals surface area (Å²) >= 11 is 0. The molecular formula is C15H15N5O3. The monoisotopic (exact) mass is 313 g/mol. The maximum Gasteiger partial charge on any atom is 0.325 e. The molecule has 0 aliphatic carbocycles. The Morgan fingerprint density at radius 1 is 1.39 bits per heavy atom. The third-order valence-electron chi connectivity index (χ3n) is 3.87. The number of carboxylic acids is 1. The standard InChI is InChI=1S/C15H15N5O3/c21-12(22)7-20-15(18-13(19-20)9-5-6-23-8-9)14-16-10-3-1-2-4-11(10)17-14/h1-4,9H,5-8H2,(H,16,17)(H,21,22)/t9-/m1/s1. The Bertz CT molecular complexity index is 830. The Balaban J connectivity index is 1.79. The number of fused-ring (bicyclic) bond motifs is 1. The summed E-state index contributed by atoms with van der Waals surface area (Å²) < 4.78 is 6.75. The van der Waals surface area contributed by atoms with E-state index in [1.54, 1.807) is 0 Å². The molecule has 118 valence electrons. The molecule has 0 unspecified atom stereocenters. The van der Waals surface area contributed by atoms with Crippen LogP contribution >= 0.6 is 0 Å². The number of nitrogens with zero attached hydrogens (tertiary/aromatic N) is 4. The topological polar surface area (TPSA) is 106 Å². The minimum atomic E-state index is -0.971. The molecule has 1 atom stereocenters. The number of rotatable bonds is 4. The fourth-order valence-corrected chi connectivity index (χ4v) is 2.74. The second-order valence-corrected chi connectivity index (χ2v) is 5.51. The number of H-pyrrole nitrogens is 1. The van der Waals surface area contributed by atoms with Gasteiger partial charge in [0.25, 0.3) is 0 Å². The van der Waals surface area contributed by atoms with Gasteiger partial charge in [0.2, 0.25) is 0 Å². The molecule has 1 aromatic carbocycles. The van der Waals surface area contributed by atoms with Crippen molar-refractivity contribution in [2.45, 2.75) is 18.9 Å². The molecule has 0 bridgehead atoms. The van der Waals surface area contributed by atoms with Crippen molar-refractivity contribution in [3.05, 3.63) is 30.1 Å². The van der Waals surface area contributed by atoms with E-state index in [0.717, 1.165) is 17.5 Å². The summed E-state index contributed by atoms with van der Waals surface area (Å²) in [7, 11) is 0. The minimum absolute atomic E-state index is 0.105. The SMILES string of the molecule is O=C(O)Cn1nc([C@@H]2CCOC2)nc1-c1nc2ccccc2[nH]1. The third-order valence-corrected chi connectivity index (χ3v) is 3.87. The van der Waals surface area contributed by atoms with Gasteiger partial charge in [-0.1, -0.05) is 12.1 Å². The van der Waals surface area contributed by atoms with Crippen LogP contribution in [0.2, 0.25) is 0 Å². The Morgan fingerprint density at radius 2 is 2.26 bits per heavy atom. The highest BCUT2D eigenvalue weighted by molar-refractivity contribution is 5.78. The van der Waals surface area contributed by atoms with Gasteiger partial charge in [0.05, 0.1) is 17.6 Å². The molecule has 8 nitrogen and oxygen atoms in total. The van der Waals surface area contributed by atoms with Crippen LogP contribution in [-0.2, 0) is 16.1 Å². The number of aromatic nitrogens is 5. The Hall–Kier alpha value is -2.74. The Labute approximate surface area is 131 Å². The van der Waals surface area contributed by atoms with E-state index in [-0.39, 0.29) is 12.5 Å². The number of hydrogen-bond acceptors (Lipinski definition) is 5. The molecule has 2 N–H and O–H groups in total. The number of hydrogen-bond donors (Lipinski definition) is 2. The zero-order valence-corrected chi connectivity index (χ0v) is 12.3. The summed E-state index contributed by atoms with van der Waals surface area (Å²) in [6, 6.07) is 7.61. The molecular weight excluding hydrogens is 298 g/mol. The highest BCUT2D eigenvalue weighted by Gasteiger charge is 2.25. The van der Waals surface area contributed by atoms with Crippen molar-refractivity contribution >= 4 is 17.0 Å². The lowest BCUT2D eigenvalue weighted by atomic mass is 10.1. The number of aliphatic carboxylic acids is 1. The average Bonchev–Trinajstić information content (AvgIpc) is 3.25. The molecule has 0 saturated carbocycles. The van der Waals surface area contributed by atoms with Gasteiger partial charge in [-0.3, -0.25) is 4.79 Å². The molecule has 3 heterocycles. The second-order valence-electron chi connectivity index (χ2n) is 5.51. The van der Waals surface area contributed by atoms with E-state index < -0.39 is 5.97 Å². The first kappa shape index (κ1) is 13.9. The van der Waals surface area contributed by atoms with Crippen molar-refractivity contribution in [3.63, 3.8) is 0 Å². The van der Waals surface area contributed by atoms with Gasteiger partial charge >= 0.3 is 5.97 Å².